The van der Waals surface area contributed by atoms with Crippen LogP contribution in [0.3, 0.4) is 0 Å². The molecule has 0 aromatic carbocycles. The van der Waals surface area contributed by atoms with E-state index in [0.717, 1.165) is 10.2 Å². The van der Waals surface area contributed by atoms with Crippen LogP contribution < -0.4 is 5.73 Å². The second-order valence-electron chi connectivity index (χ2n) is 2.11. The van der Waals surface area contributed by atoms with Gasteiger partial charge in [-0.2, -0.15) is 5.26 Å². The Bertz CT molecular complexity index is 304. The van der Waals surface area contributed by atoms with Crippen LogP contribution in [0.15, 0.2) is 10.5 Å². The van der Waals surface area contributed by atoms with Crippen molar-refractivity contribution in [2.45, 2.75) is 6.92 Å². The zero-order valence-electron chi connectivity index (χ0n) is 5.93. The van der Waals surface area contributed by atoms with Crippen molar-refractivity contribution in [3.8, 4) is 6.07 Å². The monoisotopic (exact) mass is 211 g/mol. The number of pyridine rings is 1. The molecule has 0 aliphatic rings. The molecule has 1 aromatic heterocycles. The van der Waals surface area contributed by atoms with Crippen LogP contribution in [0.2, 0.25) is 0 Å². The molecule has 1 aromatic rings. The molecule has 0 aliphatic heterocycles. The number of nitrogens with zero attached hydrogens (tertiary/aromatic N) is 2. The van der Waals surface area contributed by atoms with Crippen molar-refractivity contribution in [3.05, 3.63) is 21.9 Å². The normalized spacial score (nSPS) is 9.18. The van der Waals surface area contributed by atoms with Crippen molar-refractivity contribution in [2.24, 2.45) is 0 Å². The maximum Gasteiger partial charge on any atom is 0.142 e. The fraction of sp³-hybridized carbons (Fsp3) is 0.143. The molecule has 0 fully saturated rings. The van der Waals surface area contributed by atoms with Gasteiger partial charge in [0, 0.05) is 0 Å². The summed E-state index contributed by atoms with van der Waals surface area (Å²) in [6, 6.07) is 3.46. The Hall–Kier alpha value is -1.08. The summed E-state index contributed by atoms with van der Waals surface area (Å²) in [6.07, 6.45) is 0. The molecule has 0 saturated heterocycles. The average molecular weight is 212 g/mol. The minimum atomic E-state index is 0.350. The Balaban J connectivity index is 3.35. The molecule has 1 rings (SSSR count). The molecule has 0 amide bonds. The van der Waals surface area contributed by atoms with E-state index >= 15 is 0 Å². The summed E-state index contributed by atoms with van der Waals surface area (Å²) in [6.45, 7) is 1.79. The number of rotatable bonds is 0. The van der Waals surface area contributed by atoms with E-state index in [1.54, 1.807) is 6.92 Å². The molecule has 0 spiro atoms. The lowest BCUT2D eigenvalue weighted by molar-refractivity contribution is 1.15. The van der Waals surface area contributed by atoms with E-state index in [1.807, 2.05) is 6.07 Å². The fourth-order valence-corrected chi connectivity index (χ4v) is 0.942. The first-order valence-corrected chi connectivity index (χ1v) is 3.77. The van der Waals surface area contributed by atoms with Gasteiger partial charge in [0.15, 0.2) is 0 Å². The summed E-state index contributed by atoms with van der Waals surface area (Å²) >= 11 is 3.25. The standard InChI is InChI=1S/C7H6BrN3/c1-4-7(8)6(10)2-5(3-9)11-4/h2H,1H3,(H2,10,11). The van der Waals surface area contributed by atoms with E-state index in [9.17, 15) is 0 Å². The Morgan fingerprint density at radius 2 is 2.36 bits per heavy atom. The summed E-state index contributed by atoms with van der Waals surface area (Å²) < 4.78 is 0.761. The number of nitriles is 1. The second kappa shape index (κ2) is 2.89. The average Bonchev–Trinajstić information content (AvgIpc) is 1.99. The van der Waals surface area contributed by atoms with E-state index in [2.05, 4.69) is 20.9 Å². The minimum absolute atomic E-state index is 0.350. The van der Waals surface area contributed by atoms with Gasteiger partial charge in [-0.25, -0.2) is 4.98 Å². The Morgan fingerprint density at radius 1 is 1.73 bits per heavy atom. The first kappa shape index (κ1) is 8.02. The Morgan fingerprint density at radius 3 is 2.82 bits per heavy atom. The molecule has 0 radical (unpaired) electrons. The summed E-state index contributed by atoms with van der Waals surface area (Å²) in [7, 11) is 0. The van der Waals surface area contributed by atoms with E-state index in [-0.39, 0.29) is 0 Å². The lowest BCUT2D eigenvalue weighted by atomic mass is 10.3. The topological polar surface area (TPSA) is 62.7 Å². The SMILES string of the molecule is Cc1nc(C#N)cc(N)c1Br. The van der Waals surface area contributed by atoms with Crippen LogP contribution >= 0.6 is 15.9 Å². The molecule has 11 heavy (non-hydrogen) atoms. The third kappa shape index (κ3) is 1.49. The number of hydrogen-bond donors (Lipinski definition) is 1. The highest BCUT2D eigenvalue weighted by Crippen LogP contribution is 2.22. The summed E-state index contributed by atoms with van der Waals surface area (Å²) in [5, 5.41) is 8.49. The largest absolute Gasteiger partial charge is 0.398 e. The predicted molar refractivity (Wildman–Crippen MR) is 45.8 cm³/mol. The summed E-state index contributed by atoms with van der Waals surface area (Å²) in [5.41, 5.74) is 7.20. The van der Waals surface area contributed by atoms with Gasteiger partial charge in [0.1, 0.15) is 11.8 Å². The number of nitrogens with two attached hydrogens (primary N) is 1. The van der Waals surface area contributed by atoms with Crippen molar-refractivity contribution in [1.82, 2.24) is 4.98 Å². The molecular weight excluding hydrogens is 206 g/mol. The number of aromatic nitrogens is 1. The van der Waals surface area contributed by atoms with E-state index < -0.39 is 0 Å². The third-order valence-electron chi connectivity index (χ3n) is 1.27. The maximum atomic E-state index is 8.49. The predicted octanol–water partition coefficient (Wildman–Crippen LogP) is 1.61. The van der Waals surface area contributed by atoms with Crippen LogP contribution in [0.5, 0.6) is 0 Å². The fourth-order valence-electron chi connectivity index (χ4n) is 0.739. The molecular formula is C7H6BrN3. The molecule has 3 nitrogen and oxygen atoms in total. The van der Waals surface area contributed by atoms with Crippen LogP contribution in [0.4, 0.5) is 5.69 Å². The molecule has 56 valence electrons. The highest BCUT2D eigenvalue weighted by atomic mass is 79.9. The van der Waals surface area contributed by atoms with Gasteiger partial charge in [0.05, 0.1) is 15.9 Å². The third-order valence-corrected chi connectivity index (χ3v) is 2.30. The molecule has 0 saturated carbocycles. The highest BCUT2D eigenvalue weighted by Gasteiger charge is 2.02. The molecule has 1 heterocycles. The highest BCUT2D eigenvalue weighted by molar-refractivity contribution is 9.10. The Labute approximate surface area is 73.0 Å². The van der Waals surface area contributed by atoms with Gasteiger partial charge >= 0.3 is 0 Å². The second-order valence-corrected chi connectivity index (χ2v) is 2.90. The summed E-state index contributed by atoms with van der Waals surface area (Å²) in [5.74, 6) is 0. The van der Waals surface area contributed by atoms with Crippen LogP contribution in [-0.4, -0.2) is 4.98 Å². The van der Waals surface area contributed by atoms with Gasteiger partial charge in [-0.1, -0.05) is 0 Å². The number of nitrogen functional groups attached to an aromatic ring is 1. The number of anilines is 1. The van der Waals surface area contributed by atoms with E-state index in [0.29, 0.717) is 11.4 Å². The van der Waals surface area contributed by atoms with Gasteiger partial charge in [-0.05, 0) is 28.9 Å². The van der Waals surface area contributed by atoms with E-state index in [4.69, 9.17) is 11.0 Å². The summed E-state index contributed by atoms with van der Waals surface area (Å²) in [4.78, 5) is 3.96. The molecule has 2 N–H and O–H groups in total. The van der Waals surface area contributed by atoms with Crippen LogP contribution in [0, 0.1) is 18.3 Å². The first-order chi connectivity index (χ1) is 5.15. The van der Waals surface area contributed by atoms with Crippen molar-refractivity contribution in [3.63, 3.8) is 0 Å². The van der Waals surface area contributed by atoms with Gasteiger partial charge in [-0.3, -0.25) is 0 Å². The van der Waals surface area contributed by atoms with Gasteiger partial charge in [-0.15, -0.1) is 0 Å². The van der Waals surface area contributed by atoms with Crippen LogP contribution in [-0.2, 0) is 0 Å². The maximum absolute atomic E-state index is 8.49. The Kier molecular flexibility index (Phi) is 2.11. The lowest BCUT2D eigenvalue weighted by Gasteiger charge is -2.00. The minimum Gasteiger partial charge on any atom is -0.398 e. The molecule has 4 heteroatoms. The zero-order chi connectivity index (χ0) is 8.43. The first-order valence-electron chi connectivity index (χ1n) is 2.98. The van der Waals surface area contributed by atoms with Gasteiger partial charge in [0.2, 0.25) is 0 Å². The smallest absolute Gasteiger partial charge is 0.142 e. The van der Waals surface area contributed by atoms with Crippen LogP contribution in [0.1, 0.15) is 11.4 Å². The van der Waals surface area contributed by atoms with Gasteiger partial charge < -0.3 is 5.73 Å². The van der Waals surface area contributed by atoms with Crippen molar-refractivity contribution in [1.29, 1.82) is 5.26 Å². The zero-order valence-corrected chi connectivity index (χ0v) is 7.51. The van der Waals surface area contributed by atoms with E-state index in [1.165, 1.54) is 6.07 Å². The quantitative estimate of drug-likeness (QED) is 0.710. The van der Waals surface area contributed by atoms with Crippen LogP contribution in [0.25, 0.3) is 0 Å². The number of aryl methyl sites for hydroxylation is 1. The number of halogens is 1. The number of hydrogen-bond acceptors (Lipinski definition) is 3. The molecule has 0 aliphatic carbocycles. The van der Waals surface area contributed by atoms with Gasteiger partial charge in [0.25, 0.3) is 0 Å². The van der Waals surface area contributed by atoms with Crippen molar-refractivity contribution >= 4 is 21.6 Å². The van der Waals surface area contributed by atoms with Crippen molar-refractivity contribution < 1.29 is 0 Å². The molecule has 0 bridgehead atoms. The molecule has 0 atom stereocenters. The molecule has 0 unspecified atom stereocenters. The van der Waals surface area contributed by atoms with Crippen molar-refractivity contribution in [2.75, 3.05) is 5.73 Å². The lowest BCUT2D eigenvalue weighted by Crippen LogP contribution is -1.94.